The lowest BCUT2D eigenvalue weighted by Gasteiger charge is -2.15. The zero-order valence-electron chi connectivity index (χ0n) is 9.20. The molecule has 1 aromatic carbocycles. The molecule has 1 heterocycles. The maximum Gasteiger partial charge on any atom is 0.338 e. The second-order valence-corrected chi connectivity index (χ2v) is 5.17. The normalized spacial score (nSPS) is 23.2. The van der Waals surface area contributed by atoms with Crippen LogP contribution in [0.3, 0.4) is 0 Å². The zero-order valence-corrected chi connectivity index (χ0v) is 10.8. The third-order valence-electron chi connectivity index (χ3n) is 2.37. The average Bonchev–Trinajstić information content (AvgIpc) is 2.44. The molecule has 1 fully saturated rings. The number of halogens is 1. The van der Waals surface area contributed by atoms with Crippen LogP contribution in [0, 0.1) is 0 Å². The molecule has 0 spiro atoms. The summed E-state index contributed by atoms with van der Waals surface area (Å²) in [5.41, 5.74) is 1.06. The number of esters is 1. The Bertz CT molecular complexity index is 397. The van der Waals surface area contributed by atoms with Crippen LogP contribution in [-0.2, 0) is 20.7 Å². The SMILES string of the molecule is CC1(C)OC(=O)C(Cc2ccc(Br)cc2)O1. The largest absolute Gasteiger partial charge is 0.432 e. The highest BCUT2D eigenvalue weighted by Gasteiger charge is 2.40. The average molecular weight is 285 g/mol. The molecule has 0 aromatic heterocycles. The smallest absolute Gasteiger partial charge is 0.338 e. The summed E-state index contributed by atoms with van der Waals surface area (Å²) in [6.45, 7) is 3.49. The molecule has 0 bridgehead atoms. The molecule has 1 aromatic rings. The third kappa shape index (κ3) is 2.62. The van der Waals surface area contributed by atoms with E-state index in [1.807, 2.05) is 24.3 Å². The molecular weight excluding hydrogens is 272 g/mol. The number of carbonyl (C=O) groups excluding carboxylic acids is 1. The standard InChI is InChI=1S/C12H13BrO3/c1-12(2)15-10(11(14)16-12)7-8-3-5-9(13)6-4-8/h3-6,10H,7H2,1-2H3. The van der Waals surface area contributed by atoms with Crippen molar-refractivity contribution in [3.63, 3.8) is 0 Å². The van der Waals surface area contributed by atoms with E-state index in [1.165, 1.54) is 0 Å². The van der Waals surface area contributed by atoms with Gasteiger partial charge in [-0.05, 0) is 17.7 Å². The number of rotatable bonds is 2. The second kappa shape index (κ2) is 4.18. The molecular formula is C12H13BrO3. The Balaban J connectivity index is 2.06. The van der Waals surface area contributed by atoms with Gasteiger partial charge in [0.25, 0.3) is 0 Å². The number of benzene rings is 1. The summed E-state index contributed by atoms with van der Waals surface area (Å²) in [7, 11) is 0. The van der Waals surface area contributed by atoms with Gasteiger partial charge in [0.2, 0.25) is 5.79 Å². The molecule has 1 aliphatic heterocycles. The number of cyclic esters (lactones) is 1. The molecule has 1 unspecified atom stereocenters. The van der Waals surface area contributed by atoms with E-state index < -0.39 is 11.9 Å². The van der Waals surface area contributed by atoms with Crippen molar-refractivity contribution in [1.29, 1.82) is 0 Å². The van der Waals surface area contributed by atoms with Crippen molar-refractivity contribution in [1.82, 2.24) is 0 Å². The van der Waals surface area contributed by atoms with Crippen molar-refractivity contribution >= 4 is 21.9 Å². The van der Waals surface area contributed by atoms with Crippen molar-refractivity contribution < 1.29 is 14.3 Å². The molecule has 86 valence electrons. The van der Waals surface area contributed by atoms with E-state index in [9.17, 15) is 4.79 Å². The highest BCUT2D eigenvalue weighted by Crippen LogP contribution is 2.26. The Kier molecular flexibility index (Phi) is 3.04. The van der Waals surface area contributed by atoms with Crippen molar-refractivity contribution in [2.75, 3.05) is 0 Å². The predicted molar refractivity (Wildman–Crippen MR) is 62.9 cm³/mol. The first kappa shape index (κ1) is 11.6. The van der Waals surface area contributed by atoms with Gasteiger partial charge in [-0.1, -0.05) is 28.1 Å². The Hall–Kier alpha value is -0.870. The predicted octanol–water partition coefficient (Wildman–Crippen LogP) is 2.67. The molecule has 3 nitrogen and oxygen atoms in total. The maximum atomic E-state index is 11.5. The summed E-state index contributed by atoms with van der Waals surface area (Å²) in [6, 6.07) is 7.82. The molecule has 16 heavy (non-hydrogen) atoms. The lowest BCUT2D eigenvalue weighted by atomic mass is 10.1. The number of ether oxygens (including phenoxy) is 2. The van der Waals surface area contributed by atoms with E-state index in [0.717, 1.165) is 10.0 Å². The summed E-state index contributed by atoms with van der Waals surface area (Å²) in [6.07, 6.45) is 0.0615. The lowest BCUT2D eigenvalue weighted by Crippen LogP contribution is -2.22. The second-order valence-electron chi connectivity index (χ2n) is 4.26. The van der Waals surface area contributed by atoms with Crippen LogP contribution in [0.5, 0.6) is 0 Å². The summed E-state index contributed by atoms with van der Waals surface area (Å²) in [4.78, 5) is 11.5. The van der Waals surface area contributed by atoms with Crippen LogP contribution in [0.15, 0.2) is 28.7 Å². The van der Waals surface area contributed by atoms with Crippen LogP contribution in [0.4, 0.5) is 0 Å². The van der Waals surface area contributed by atoms with Crippen molar-refractivity contribution in [2.45, 2.75) is 32.2 Å². The fourth-order valence-electron chi connectivity index (χ4n) is 1.68. The molecule has 0 amide bonds. The van der Waals surface area contributed by atoms with Crippen molar-refractivity contribution in [3.8, 4) is 0 Å². The van der Waals surface area contributed by atoms with Gasteiger partial charge >= 0.3 is 5.97 Å². The van der Waals surface area contributed by atoms with Crippen molar-refractivity contribution in [3.05, 3.63) is 34.3 Å². The molecule has 0 saturated carbocycles. The van der Waals surface area contributed by atoms with E-state index in [2.05, 4.69) is 15.9 Å². The summed E-state index contributed by atoms with van der Waals surface area (Å²) < 4.78 is 11.6. The fourth-order valence-corrected chi connectivity index (χ4v) is 1.95. The Morgan fingerprint density at radius 2 is 1.94 bits per heavy atom. The first-order valence-corrected chi connectivity index (χ1v) is 5.91. The monoisotopic (exact) mass is 284 g/mol. The van der Waals surface area contributed by atoms with Crippen molar-refractivity contribution in [2.24, 2.45) is 0 Å². The van der Waals surface area contributed by atoms with Gasteiger partial charge in [0.05, 0.1) is 0 Å². The molecule has 1 aliphatic rings. The van der Waals surface area contributed by atoms with Gasteiger partial charge in [-0.25, -0.2) is 4.79 Å². The molecule has 1 atom stereocenters. The molecule has 4 heteroatoms. The molecule has 0 aliphatic carbocycles. The Morgan fingerprint density at radius 3 is 2.44 bits per heavy atom. The van der Waals surface area contributed by atoms with Crippen LogP contribution in [0.2, 0.25) is 0 Å². The van der Waals surface area contributed by atoms with Gasteiger partial charge in [-0.2, -0.15) is 0 Å². The number of hydrogen-bond donors (Lipinski definition) is 0. The number of hydrogen-bond acceptors (Lipinski definition) is 3. The van der Waals surface area contributed by atoms with E-state index in [0.29, 0.717) is 6.42 Å². The highest BCUT2D eigenvalue weighted by molar-refractivity contribution is 9.10. The third-order valence-corrected chi connectivity index (χ3v) is 2.90. The molecule has 0 radical (unpaired) electrons. The summed E-state index contributed by atoms with van der Waals surface area (Å²) in [5, 5.41) is 0. The molecule has 1 saturated heterocycles. The minimum atomic E-state index is -0.795. The highest BCUT2D eigenvalue weighted by atomic mass is 79.9. The van der Waals surface area contributed by atoms with Gasteiger partial charge in [-0.15, -0.1) is 0 Å². The van der Waals surface area contributed by atoms with E-state index in [4.69, 9.17) is 9.47 Å². The van der Waals surface area contributed by atoms with Crippen LogP contribution in [0.1, 0.15) is 19.4 Å². The summed E-state index contributed by atoms with van der Waals surface area (Å²) >= 11 is 3.37. The fraction of sp³-hybridized carbons (Fsp3) is 0.417. The van der Waals surface area contributed by atoms with Gasteiger partial charge in [-0.3, -0.25) is 0 Å². The molecule has 0 N–H and O–H groups in total. The maximum absolute atomic E-state index is 11.5. The van der Waals surface area contributed by atoms with E-state index in [-0.39, 0.29) is 5.97 Å². The first-order valence-electron chi connectivity index (χ1n) is 5.11. The van der Waals surface area contributed by atoms with E-state index in [1.54, 1.807) is 13.8 Å². The Morgan fingerprint density at radius 1 is 1.31 bits per heavy atom. The van der Waals surface area contributed by atoms with Gasteiger partial charge in [0, 0.05) is 24.7 Å². The van der Waals surface area contributed by atoms with Crippen LogP contribution < -0.4 is 0 Å². The summed E-state index contributed by atoms with van der Waals surface area (Å²) in [5.74, 6) is -1.08. The van der Waals surface area contributed by atoms with Crippen LogP contribution in [-0.4, -0.2) is 17.9 Å². The van der Waals surface area contributed by atoms with Crippen LogP contribution in [0.25, 0.3) is 0 Å². The quantitative estimate of drug-likeness (QED) is 0.784. The van der Waals surface area contributed by atoms with Crippen LogP contribution >= 0.6 is 15.9 Å². The molecule has 2 rings (SSSR count). The number of carbonyl (C=O) groups is 1. The first-order chi connectivity index (χ1) is 7.46. The Labute approximate surface area is 103 Å². The minimum Gasteiger partial charge on any atom is -0.432 e. The van der Waals surface area contributed by atoms with Gasteiger partial charge < -0.3 is 9.47 Å². The van der Waals surface area contributed by atoms with Gasteiger partial charge in [0.15, 0.2) is 6.10 Å². The zero-order chi connectivity index (χ0) is 11.8. The lowest BCUT2D eigenvalue weighted by molar-refractivity contribution is -0.160. The van der Waals surface area contributed by atoms with E-state index >= 15 is 0 Å². The topological polar surface area (TPSA) is 35.5 Å². The van der Waals surface area contributed by atoms with Gasteiger partial charge in [0.1, 0.15) is 0 Å². The minimum absolute atomic E-state index is 0.284.